The Kier molecular flexibility index (Phi) is 5.49. The number of carbonyl (C=O) groups is 2. The average Bonchev–Trinajstić information content (AvgIpc) is 3.60. The van der Waals surface area contributed by atoms with E-state index in [0.717, 1.165) is 25.7 Å². The number of ether oxygens (including phenoxy) is 2. The topological polar surface area (TPSA) is 52.6 Å². The summed E-state index contributed by atoms with van der Waals surface area (Å²) in [5, 5.41) is 0. The number of hydrogen-bond acceptors (Lipinski definition) is 4. The SMILES string of the molecule is O=C(C(=O)c1ccc(OC(F)F)c(C2CC2)c1)c1ccc(OC(F)F)c(C2CC2)c1. The molecular weight excluding hydrogens is 404 g/mol. The molecule has 0 unspecified atom stereocenters. The highest BCUT2D eigenvalue weighted by Gasteiger charge is 2.31. The predicted octanol–water partition coefficient (Wildman–Crippen LogP) is 5.71. The van der Waals surface area contributed by atoms with Crippen molar-refractivity contribution in [2.75, 3.05) is 0 Å². The Labute approximate surface area is 169 Å². The molecule has 0 aliphatic heterocycles. The molecule has 2 aliphatic rings. The third-order valence-corrected chi connectivity index (χ3v) is 5.22. The monoisotopic (exact) mass is 422 g/mol. The third-order valence-electron chi connectivity index (χ3n) is 5.22. The Morgan fingerprint density at radius 3 is 1.37 bits per heavy atom. The maximum Gasteiger partial charge on any atom is 0.387 e. The van der Waals surface area contributed by atoms with Crippen LogP contribution in [0.2, 0.25) is 0 Å². The van der Waals surface area contributed by atoms with Crippen molar-refractivity contribution in [1.29, 1.82) is 0 Å². The molecule has 30 heavy (non-hydrogen) atoms. The Morgan fingerprint density at radius 1 is 0.700 bits per heavy atom. The summed E-state index contributed by atoms with van der Waals surface area (Å²) in [6.45, 7) is -5.97. The molecule has 0 bridgehead atoms. The quantitative estimate of drug-likeness (QED) is 0.295. The molecule has 2 aromatic rings. The largest absolute Gasteiger partial charge is 0.435 e. The van der Waals surface area contributed by atoms with Crippen LogP contribution in [0.4, 0.5) is 17.6 Å². The van der Waals surface area contributed by atoms with E-state index >= 15 is 0 Å². The molecule has 0 saturated heterocycles. The van der Waals surface area contributed by atoms with E-state index in [1.54, 1.807) is 0 Å². The molecule has 0 heterocycles. The van der Waals surface area contributed by atoms with Crippen LogP contribution in [0, 0.1) is 0 Å². The van der Waals surface area contributed by atoms with Crippen LogP contribution >= 0.6 is 0 Å². The fourth-order valence-corrected chi connectivity index (χ4v) is 3.47. The fourth-order valence-electron chi connectivity index (χ4n) is 3.47. The van der Waals surface area contributed by atoms with E-state index < -0.39 is 24.8 Å². The molecule has 0 amide bonds. The van der Waals surface area contributed by atoms with Gasteiger partial charge >= 0.3 is 13.2 Å². The van der Waals surface area contributed by atoms with Crippen molar-refractivity contribution in [2.45, 2.75) is 50.7 Å². The van der Waals surface area contributed by atoms with Crippen LogP contribution in [-0.4, -0.2) is 24.8 Å². The molecular formula is C22H18F4O4. The van der Waals surface area contributed by atoms with Gasteiger partial charge in [0.25, 0.3) is 0 Å². The van der Waals surface area contributed by atoms with Crippen molar-refractivity contribution >= 4 is 11.6 Å². The summed E-state index contributed by atoms with van der Waals surface area (Å²) < 4.78 is 59.5. The Morgan fingerprint density at radius 2 is 1.07 bits per heavy atom. The van der Waals surface area contributed by atoms with Gasteiger partial charge in [0.05, 0.1) is 0 Å². The van der Waals surface area contributed by atoms with Crippen LogP contribution in [0.25, 0.3) is 0 Å². The standard InChI is InChI=1S/C22H18F4O4/c23-21(24)29-17-7-5-13(9-15(17)11-1-2-11)19(27)20(28)14-6-8-18(30-22(25)26)16(10-14)12-3-4-12/h5-12,21-22H,1-4H2. The van der Waals surface area contributed by atoms with E-state index in [4.69, 9.17) is 0 Å². The summed E-state index contributed by atoms with van der Waals surface area (Å²) in [6, 6.07) is 7.95. The summed E-state index contributed by atoms with van der Waals surface area (Å²) in [7, 11) is 0. The zero-order chi connectivity index (χ0) is 21.4. The first-order valence-electron chi connectivity index (χ1n) is 9.60. The van der Waals surface area contributed by atoms with Crippen LogP contribution in [0.5, 0.6) is 11.5 Å². The van der Waals surface area contributed by atoms with Crippen LogP contribution in [0.3, 0.4) is 0 Å². The summed E-state index contributed by atoms with van der Waals surface area (Å²) in [5.74, 6) is -1.56. The van der Waals surface area contributed by atoms with Crippen LogP contribution < -0.4 is 9.47 Å². The minimum Gasteiger partial charge on any atom is -0.435 e. The van der Waals surface area contributed by atoms with Gasteiger partial charge in [-0.2, -0.15) is 17.6 Å². The van der Waals surface area contributed by atoms with Gasteiger partial charge in [0.2, 0.25) is 11.6 Å². The van der Waals surface area contributed by atoms with Gasteiger partial charge in [0.1, 0.15) is 11.5 Å². The molecule has 0 aromatic heterocycles. The predicted molar refractivity (Wildman–Crippen MR) is 98.8 cm³/mol. The second kappa shape index (κ2) is 8.08. The maximum absolute atomic E-state index is 12.7. The first kappa shape index (κ1) is 20.4. The number of rotatable bonds is 9. The van der Waals surface area contributed by atoms with Gasteiger partial charge in [0, 0.05) is 11.1 Å². The summed E-state index contributed by atoms with van der Waals surface area (Å²) in [6.07, 6.45) is 3.17. The Bertz CT molecular complexity index is 902. The number of halogens is 4. The van der Waals surface area contributed by atoms with E-state index in [2.05, 4.69) is 9.47 Å². The minimum absolute atomic E-state index is 0.000944. The van der Waals surface area contributed by atoms with E-state index in [1.165, 1.54) is 36.4 Å². The van der Waals surface area contributed by atoms with Crippen LogP contribution in [0.15, 0.2) is 36.4 Å². The first-order valence-corrected chi connectivity index (χ1v) is 9.60. The second-order valence-corrected chi connectivity index (χ2v) is 7.47. The van der Waals surface area contributed by atoms with Gasteiger partial charge in [-0.3, -0.25) is 9.59 Å². The molecule has 2 aromatic carbocycles. The van der Waals surface area contributed by atoms with Crippen molar-refractivity contribution in [3.05, 3.63) is 58.7 Å². The summed E-state index contributed by atoms with van der Waals surface area (Å²) in [4.78, 5) is 25.5. The molecule has 0 spiro atoms. The fraction of sp³-hybridized carbons (Fsp3) is 0.364. The van der Waals surface area contributed by atoms with E-state index in [1.807, 2.05) is 0 Å². The van der Waals surface area contributed by atoms with Gasteiger partial charge in [0.15, 0.2) is 0 Å². The second-order valence-electron chi connectivity index (χ2n) is 7.47. The molecule has 0 radical (unpaired) electrons. The third kappa shape index (κ3) is 4.47. The molecule has 2 saturated carbocycles. The number of benzene rings is 2. The number of hydrogen-bond donors (Lipinski definition) is 0. The van der Waals surface area contributed by atoms with Crippen molar-refractivity contribution in [2.24, 2.45) is 0 Å². The highest BCUT2D eigenvalue weighted by Crippen LogP contribution is 2.46. The van der Waals surface area contributed by atoms with Crippen LogP contribution in [0.1, 0.15) is 69.4 Å². The van der Waals surface area contributed by atoms with Crippen molar-refractivity contribution in [1.82, 2.24) is 0 Å². The number of alkyl halides is 4. The smallest absolute Gasteiger partial charge is 0.387 e. The number of Topliss-reactive ketones (excluding diaryl/α,β-unsaturated/α-hetero) is 2. The zero-order valence-corrected chi connectivity index (χ0v) is 15.7. The van der Waals surface area contributed by atoms with Crippen molar-refractivity contribution in [3.8, 4) is 11.5 Å². The summed E-state index contributed by atoms with van der Waals surface area (Å²) >= 11 is 0. The first-order chi connectivity index (χ1) is 14.3. The molecule has 8 heteroatoms. The molecule has 2 fully saturated rings. The van der Waals surface area contributed by atoms with Crippen molar-refractivity contribution in [3.63, 3.8) is 0 Å². The molecule has 4 nitrogen and oxygen atoms in total. The highest BCUT2D eigenvalue weighted by molar-refractivity contribution is 6.49. The lowest BCUT2D eigenvalue weighted by atomic mass is 9.96. The van der Waals surface area contributed by atoms with Gasteiger partial charge in [-0.25, -0.2) is 0 Å². The minimum atomic E-state index is -2.99. The molecule has 0 N–H and O–H groups in total. The molecule has 4 rings (SSSR count). The Balaban J connectivity index is 1.60. The van der Waals surface area contributed by atoms with Crippen molar-refractivity contribution < 1.29 is 36.6 Å². The summed E-state index contributed by atoms with van der Waals surface area (Å²) in [5.41, 5.74) is 1.11. The number of carbonyl (C=O) groups excluding carboxylic acids is 2. The maximum atomic E-state index is 12.7. The highest BCUT2D eigenvalue weighted by atomic mass is 19.3. The lowest BCUT2D eigenvalue weighted by Crippen LogP contribution is -2.16. The van der Waals surface area contributed by atoms with Crippen LogP contribution in [-0.2, 0) is 0 Å². The van der Waals surface area contributed by atoms with Gasteiger partial charge in [-0.1, -0.05) is 0 Å². The molecule has 2 aliphatic carbocycles. The van der Waals surface area contributed by atoms with Gasteiger partial charge < -0.3 is 9.47 Å². The lowest BCUT2D eigenvalue weighted by molar-refractivity contribution is -0.0511. The van der Waals surface area contributed by atoms with E-state index in [0.29, 0.717) is 11.1 Å². The normalized spacial score (nSPS) is 16.1. The van der Waals surface area contributed by atoms with Gasteiger partial charge in [-0.05, 0) is 85.0 Å². The van der Waals surface area contributed by atoms with E-state index in [-0.39, 0.29) is 34.5 Å². The van der Waals surface area contributed by atoms with E-state index in [9.17, 15) is 27.2 Å². The Hall–Kier alpha value is -2.90. The zero-order valence-electron chi connectivity index (χ0n) is 15.7. The average molecular weight is 422 g/mol. The molecule has 0 atom stereocenters. The molecule has 158 valence electrons. The van der Waals surface area contributed by atoms with Gasteiger partial charge in [-0.15, -0.1) is 0 Å². The lowest BCUT2D eigenvalue weighted by Gasteiger charge is -2.13. The number of ketones is 2.